The zero-order chi connectivity index (χ0) is 14.0. The number of hydrogen-bond acceptors (Lipinski definition) is 4. The molecule has 0 unspecified atom stereocenters. The first kappa shape index (κ1) is 14.1. The van der Waals surface area contributed by atoms with Gasteiger partial charge in [-0.1, -0.05) is 12.2 Å². The monoisotopic (exact) mass is 267 g/mol. The molecule has 5 nitrogen and oxygen atoms in total. The van der Waals surface area contributed by atoms with Gasteiger partial charge in [0.2, 0.25) is 5.91 Å². The average Bonchev–Trinajstić information content (AvgIpc) is 2.64. The van der Waals surface area contributed by atoms with Gasteiger partial charge in [-0.3, -0.25) is 9.59 Å². The Balaban J connectivity index is 2.21. The fourth-order valence-electron chi connectivity index (χ4n) is 3.03. The molecular formula is C14H21NO4. The summed E-state index contributed by atoms with van der Waals surface area (Å²) in [5, 5.41) is 13.3. The maximum atomic E-state index is 11.8. The normalized spacial score (nSPS) is 39.7. The van der Waals surface area contributed by atoms with E-state index in [0.717, 1.165) is 19.3 Å². The SMILES string of the molecule is C[C@@H]1C(=O)N[C@H]([C@@H](O)[C@@H]2C=CCCC2)[C@@]1(C)OC=O. The Bertz CT molecular complexity index is 395. The van der Waals surface area contributed by atoms with Crippen LogP contribution in [0.15, 0.2) is 12.2 Å². The van der Waals surface area contributed by atoms with E-state index in [9.17, 15) is 14.7 Å². The molecule has 0 bridgehead atoms. The smallest absolute Gasteiger partial charge is 0.293 e. The van der Waals surface area contributed by atoms with E-state index < -0.39 is 23.7 Å². The molecule has 1 amide bonds. The number of aliphatic hydroxyl groups is 1. The topological polar surface area (TPSA) is 75.6 Å². The lowest BCUT2D eigenvalue weighted by Crippen LogP contribution is -2.54. The van der Waals surface area contributed by atoms with E-state index in [1.165, 1.54) is 0 Å². The summed E-state index contributed by atoms with van der Waals surface area (Å²) in [4.78, 5) is 22.5. The number of carbonyl (C=O) groups is 2. The Morgan fingerprint density at radius 2 is 2.37 bits per heavy atom. The lowest BCUT2D eigenvalue weighted by Gasteiger charge is -2.36. The van der Waals surface area contributed by atoms with Crippen molar-refractivity contribution in [1.82, 2.24) is 5.32 Å². The van der Waals surface area contributed by atoms with E-state index in [1.54, 1.807) is 13.8 Å². The molecule has 0 spiro atoms. The summed E-state index contributed by atoms with van der Waals surface area (Å²) in [5.74, 6) is -0.656. The van der Waals surface area contributed by atoms with E-state index in [2.05, 4.69) is 11.4 Å². The fourth-order valence-corrected chi connectivity index (χ4v) is 3.03. The molecule has 1 heterocycles. The highest BCUT2D eigenvalue weighted by atomic mass is 16.5. The maximum Gasteiger partial charge on any atom is 0.293 e. The largest absolute Gasteiger partial charge is 0.458 e. The third-order valence-electron chi connectivity index (χ3n) is 4.54. The van der Waals surface area contributed by atoms with Crippen LogP contribution in [0.25, 0.3) is 0 Å². The first-order valence-corrected chi connectivity index (χ1v) is 6.77. The fraction of sp³-hybridized carbons (Fsp3) is 0.714. The first-order chi connectivity index (χ1) is 9.00. The Labute approximate surface area is 113 Å². The minimum absolute atomic E-state index is 0.000993. The van der Waals surface area contributed by atoms with Gasteiger partial charge >= 0.3 is 0 Å². The standard InChI is InChI=1S/C14H21NO4/c1-9-13(18)15-12(14(9,2)19-8-16)11(17)10-6-4-3-5-7-10/h4,6,8-12,17H,3,5,7H2,1-2H3,(H,15,18)/t9-,10-,11+,12-,14+/m1/s1. The lowest BCUT2D eigenvalue weighted by atomic mass is 9.79. The zero-order valence-electron chi connectivity index (χ0n) is 11.3. The maximum absolute atomic E-state index is 11.8. The summed E-state index contributed by atoms with van der Waals surface area (Å²) in [7, 11) is 0. The number of aliphatic hydroxyl groups excluding tert-OH is 1. The van der Waals surface area contributed by atoms with E-state index >= 15 is 0 Å². The van der Waals surface area contributed by atoms with Gasteiger partial charge < -0.3 is 15.2 Å². The summed E-state index contributed by atoms with van der Waals surface area (Å²) >= 11 is 0. The Morgan fingerprint density at radius 3 is 2.95 bits per heavy atom. The van der Waals surface area contributed by atoms with E-state index in [-0.39, 0.29) is 11.8 Å². The van der Waals surface area contributed by atoms with Crippen LogP contribution in [0.1, 0.15) is 33.1 Å². The van der Waals surface area contributed by atoms with Crippen molar-refractivity contribution in [2.45, 2.75) is 50.9 Å². The molecule has 1 aliphatic carbocycles. The molecule has 1 saturated heterocycles. The molecule has 1 fully saturated rings. The van der Waals surface area contributed by atoms with Gasteiger partial charge in [0.05, 0.1) is 18.1 Å². The van der Waals surface area contributed by atoms with Crippen LogP contribution in [0.3, 0.4) is 0 Å². The van der Waals surface area contributed by atoms with Gasteiger partial charge in [0, 0.05) is 5.92 Å². The van der Waals surface area contributed by atoms with E-state index in [4.69, 9.17) is 4.74 Å². The Morgan fingerprint density at radius 1 is 1.63 bits per heavy atom. The molecule has 106 valence electrons. The molecule has 0 saturated carbocycles. The lowest BCUT2D eigenvalue weighted by molar-refractivity contribution is -0.151. The van der Waals surface area contributed by atoms with Gasteiger partial charge in [0.25, 0.3) is 6.47 Å². The van der Waals surface area contributed by atoms with Gasteiger partial charge in [-0.15, -0.1) is 0 Å². The quantitative estimate of drug-likeness (QED) is 0.583. The number of hydrogen-bond donors (Lipinski definition) is 2. The highest BCUT2D eigenvalue weighted by Gasteiger charge is 2.55. The van der Waals surface area contributed by atoms with Crippen LogP contribution in [0.2, 0.25) is 0 Å². The summed E-state index contributed by atoms with van der Waals surface area (Å²) in [6, 6.07) is -0.562. The number of rotatable bonds is 4. The first-order valence-electron chi connectivity index (χ1n) is 6.77. The highest BCUT2D eigenvalue weighted by Crippen LogP contribution is 2.36. The number of carbonyl (C=O) groups excluding carboxylic acids is 2. The second-order valence-electron chi connectivity index (χ2n) is 5.62. The Kier molecular flexibility index (Phi) is 3.94. The molecule has 2 rings (SSSR count). The highest BCUT2D eigenvalue weighted by molar-refractivity contribution is 5.83. The second kappa shape index (κ2) is 5.33. The average molecular weight is 267 g/mol. The third-order valence-corrected chi connectivity index (χ3v) is 4.54. The number of ether oxygens (including phenoxy) is 1. The van der Waals surface area contributed by atoms with E-state index in [0.29, 0.717) is 6.47 Å². The van der Waals surface area contributed by atoms with Crippen LogP contribution in [-0.2, 0) is 14.3 Å². The summed E-state index contributed by atoms with van der Waals surface area (Å²) in [6.45, 7) is 3.76. The van der Waals surface area contributed by atoms with Gasteiger partial charge in [-0.2, -0.15) is 0 Å². The molecule has 0 aromatic rings. The molecule has 1 aliphatic heterocycles. The van der Waals surface area contributed by atoms with Crippen molar-refractivity contribution in [3.8, 4) is 0 Å². The van der Waals surface area contributed by atoms with Crippen LogP contribution >= 0.6 is 0 Å². The predicted octanol–water partition coefficient (Wildman–Crippen LogP) is 0.770. The molecule has 0 aromatic carbocycles. The third kappa shape index (κ3) is 2.39. The van der Waals surface area contributed by atoms with Gasteiger partial charge in [-0.05, 0) is 33.1 Å². The minimum Gasteiger partial charge on any atom is -0.458 e. The Hall–Kier alpha value is -1.36. The number of amides is 1. The van der Waals surface area contributed by atoms with Crippen LogP contribution in [0.5, 0.6) is 0 Å². The summed E-state index contributed by atoms with van der Waals surface area (Å²) < 4.78 is 5.15. The van der Waals surface area contributed by atoms with Gasteiger partial charge in [-0.25, -0.2) is 0 Å². The molecule has 2 N–H and O–H groups in total. The zero-order valence-corrected chi connectivity index (χ0v) is 11.3. The van der Waals surface area contributed by atoms with E-state index in [1.807, 2.05) is 6.08 Å². The molecular weight excluding hydrogens is 246 g/mol. The molecule has 19 heavy (non-hydrogen) atoms. The molecule has 0 aromatic heterocycles. The predicted molar refractivity (Wildman–Crippen MR) is 69.1 cm³/mol. The van der Waals surface area contributed by atoms with Crippen LogP contribution in [-0.4, -0.2) is 35.2 Å². The minimum atomic E-state index is -0.996. The van der Waals surface area contributed by atoms with Crippen LogP contribution < -0.4 is 5.32 Å². The van der Waals surface area contributed by atoms with Crippen molar-refractivity contribution in [3.63, 3.8) is 0 Å². The van der Waals surface area contributed by atoms with Crippen LogP contribution in [0.4, 0.5) is 0 Å². The van der Waals surface area contributed by atoms with Crippen molar-refractivity contribution in [2.75, 3.05) is 0 Å². The van der Waals surface area contributed by atoms with Crippen molar-refractivity contribution in [1.29, 1.82) is 0 Å². The number of nitrogens with one attached hydrogen (secondary N) is 1. The van der Waals surface area contributed by atoms with Crippen molar-refractivity contribution in [3.05, 3.63) is 12.2 Å². The molecule has 5 atom stereocenters. The number of allylic oxidation sites excluding steroid dienone is 1. The molecule has 2 aliphatic rings. The summed E-state index contributed by atoms with van der Waals surface area (Å²) in [5.41, 5.74) is -0.996. The molecule has 5 heteroatoms. The summed E-state index contributed by atoms with van der Waals surface area (Å²) in [6.07, 6.45) is 6.24. The van der Waals surface area contributed by atoms with Crippen molar-refractivity contribution < 1.29 is 19.4 Å². The van der Waals surface area contributed by atoms with Crippen molar-refractivity contribution in [2.24, 2.45) is 11.8 Å². The second-order valence-corrected chi connectivity index (χ2v) is 5.62. The van der Waals surface area contributed by atoms with Gasteiger partial charge in [0.15, 0.2) is 0 Å². The van der Waals surface area contributed by atoms with Crippen molar-refractivity contribution >= 4 is 12.4 Å². The van der Waals surface area contributed by atoms with Gasteiger partial charge in [0.1, 0.15) is 5.60 Å². The molecule has 0 radical (unpaired) electrons. The van der Waals surface area contributed by atoms with Crippen LogP contribution in [0, 0.1) is 11.8 Å².